The zero-order valence-electron chi connectivity index (χ0n) is 9.79. The maximum Gasteiger partial charge on any atom is 0.184 e. The molecule has 1 aromatic rings. The highest BCUT2D eigenvalue weighted by atomic mass is 19.1. The lowest BCUT2D eigenvalue weighted by Crippen LogP contribution is -2.48. The lowest BCUT2D eigenvalue weighted by atomic mass is 10.2. The summed E-state index contributed by atoms with van der Waals surface area (Å²) >= 11 is 0. The van der Waals surface area contributed by atoms with E-state index in [2.05, 4.69) is 5.32 Å². The lowest BCUT2D eigenvalue weighted by Gasteiger charge is -2.34. The topological polar surface area (TPSA) is 33.7 Å². The van der Waals surface area contributed by atoms with E-state index < -0.39 is 12.1 Å². The van der Waals surface area contributed by atoms with Crippen LogP contribution in [0, 0.1) is 5.82 Å². The van der Waals surface area contributed by atoms with Crippen LogP contribution >= 0.6 is 0 Å². The Hall–Kier alpha value is -1.56. The van der Waals surface area contributed by atoms with Gasteiger partial charge in [-0.1, -0.05) is 0 Å². The van der Waals surface area contributed by atoms with Gasteiger partial charge in [-0.3, -0.25) is 5.32 Å². The zero-order chi connectivity index (χ0) is 12.5. The molecule has 1 fully saturated rings. The number of fused-ring (bicyclic) bond motifs is 1. The molecule has 0 radical (unpaired) electrons. The molecule has 2 aliphatic heterocycles. The van der Waals surface area contributed by atoms with Crippen LogP contribution in [0.5, 0.6) is 11.5 Å². The number of anilines is 1. The number of alkyl halides is 1. The second kappa shape index (κ2) is 4.61. The van der Waals surface area contributed by atoms with E-state index in [1.165, 1.54) is 12.1 Å². The highest BCUT2D eigenvalue weighted by Gasteiger charge is 2.25. The smallest absolute Gasteiger partial charge is 0.184 e. The Balaban J connectivity index is 1.97. The van der Waals surface area contributed by atoms with Crippen molar-refractivity contribution in [3.63, 3.8) is 0 Å². The minimum Gasteiger partial charge on any atom is -0.486 e. The summed E-state index contributed by atoms with van der Waals surface area (Å²) in [6.45, 7) is 2.15. The maximum absolute atomic E-state index is 13.5. The summed E-state index contributed by atoms with van der Waals surface area (Å²) in [5, 5.41) is 2.70. The van der Waals surface area contributed by atoms with Crippen LogP contribution in [-0.2, 0) is 0 Å². The maximum atomic E-state index is 13.5. The van der Waals surface area contributed by atoms with Crippen molar-refractivity contribution in [3.8, 4) is 11.5 Å². The van der Waals surface area contributed by atoms with Gasteiger partial charge in [0.25, 0.3) is 0 Å². The standard InChI is InChI=1S/C12H14F2N2O2/c13-8-5-9(16-2-1-15-11(14)7-16)12-10(6-8)17-3-4-18-12/h5-6,11,15H,1-4,7H2. The molecule has 6 heteroatoms. The van der Waals surface area contributed by atoms with Crippen molar-refractivity contribution >= 4 is 5.69 Å². The molecule has 3 rings (SSSR count). The van der Waals surface area contributed by atoms with Crippen LogP contribution in [-0.4, -0.2) is 39.1 Å². The summed E-state index contributed by atoms with van der Waals surface area (Å²) < 4.78 is 37.8. The third kappa shape index (κ3) is 2.08. The van der Waals surface area contributed by atoms with Gasteiger partial charge < -0.3 is 14.4 Å². The number of piperazine rings is 1. The van der Waals surface area contributed by atoms with Crippen LogP contribution in [0.4, 0.5) is 14.5 Å². The molecule has 1 saturated heterocycles. The van der Waals surface area contributed by atoms with Gasteiger partial charge in [0.15, 0.2) is 17.8 Å². The first kappa shape index (κ1) is 11.5. The SMILES string of the molecule is Fc1cc2c(c(N3CCNC(F)C3)c1)OCCO2. The molecule has 1 N–H and O–H groups in total. The molecule has 1 unspecified atom stereocenters. The van der Waals surface area contributed by atoms with Gasteiger partial charge in [0.05, 0.1) is 12.2 Å². The molecule has 0 aliphatic carbocycles. The number of hydrogen-bond acceptors (Lipinski definition) is 4. The Bertz CT molecular complexity index is 456. The monoisotopic (exact) mass is 256 g/mol. The second-order valence-electron chi connectivity index (χ2n) is 4.32. The van der Waals surface area contributed by atoms with Gasteiger partial charge in [0.2, 0.25) is 0 Å². The van der Waals surface area contributed by atoms with Gasteiger partial charge in [0, 0.05) is 25.2 Å². The summed E-state index contributed by atoms with van der Waals surface area (Å²) in [4.78, 5) is 1.78. The minimum atomic E-state index is -1.11. The van der Waals surface area contributed by atoms with Crippen LogP contribution in [0.1, 0.15) is 0 Å². The third-order valence-corrected chi connectivity index (χ3v) is 3.06. The van der Waals surface area contributed by atoms with E-state index in [9.17, 15) is 8.78 Å². The van der Waals surface area contributed by atoms with E-state index in [1.807, 2.05) is 0 Å². The highest BCUT2D eigenvalue weighted by Crippen LogP contribution is 2.40. The van der Waals surface area contributed by atoms with E-state index in [4.69, 9.17) is 9.47 Å². The molecule has 4 nitrogen and oxygen atoms in total. The number of rotatable bonds is 1. The molecule has 2 aliphatic rings. The van der Waals surface area contributed by atoms with Crippen molar-refractivity contribution < 1.29 is 18.3 Å². The molecular formula is C12H14F2N2O2. The summed E-state index contributed by atoms with van der Waals surface area (Å²) in [5.41, 5.74) is 0.564. The summed E-state index contributed by atoms with van der Waals surface area (Å²) in [6.07, 6.45) is -1.11. The van der Waals surface area contributed by atoms with Crippen molar-refractivity contribution in [1.29, 1.82) is 0 Å². The predicted octanol–water partition coefficient (Wildman–Crippen LogP) is 1.30. The highest BCUT2D eigenvalue weighted by molar-refractivity contribution is 5.65. The Kier molecular flexibility index (Phi) is 2.95. The number of benzene rings is 1. The van der Waals surface area contributed by atoms with Crippen molar-refractivity contribution in [1.82, 2.24) is 5.32 Å². The molecule has 1 atom stereocenters. The quantitative estimate of drug-likeness (QED) is 0.768. The molecule has 0 amide bonds. The summed E-state index contributed by atoms with van der Waals surface area (Å²) in [6, 6.07) is 2.67. The van der Waals surface area contributed by atoms with Gasteiger partial charge in [-0.25, -0.2) is 8.78 Å². The lowest BCUT2D eigenvalue weighted by molar-refractivity contribution is 0.170. The molecular weight excluding hydrogens is 242 g/mol. The summed E-state index contributed by atoms with van der Waals surface area (Å²) in [7, 11) is 0. The van der Waals surface area contributed by atoms with Crippen molar-refractivity contribution in [3.05, 3.63) is 17.9 Å². The van der Waals surface area contributed by atoms with Gasteiger partial charge in [0.1, 0.15) is 19.0 Å². The van der Waals surface area contributed by atoms with Crippen molar-refractivity contribution in [2.45, 2.75) is 6.30 Å². The Morgan fingerprint density at radius 1 is 1.28 bits per heavy atom. The number of hydrogen-bond donors (Lipinski definition) is 1. The first-order valence-electron chi connectivity index (χ1n) is 5.95. The van der Waals surface area contributed by atoms with E-state index in [-0.39, 0.29) is 6.54 Å². The van der Waals surface area contributed by atoms with Crippen LogP contribution in [0.2, 0.25) is 0 Å². The van der Waals surface area contributed by atoms with Crippen LogP contribution < -0.4 is 19.7 Å². The normalized spacial score (nSPS) is 23.0. The molecule has 0 bridgehead atoms. The first-order valence-corrected chi connectivity index (χ1v) is 5.95. The average molecular weight is 256 g/mol. The first-order chi connectivity index (χ1) is 8.74. The van der Waals surface area contributed by atoms with E-state index in [0.717, 1.165) is 0 Å². The van der Waals surface area contributed by atoms with Gasteiger partial charge >= 0.3 is 0 Å². The average Bonchev–Trinajstić information content (AvgIpc) is 2.37. The number of halogens is 2. The number of nitrogens with one attached hydrogen (secondary N) is 1. The van der Waals surface area contributed by atoms with E-state index >= 15 is 0 Å². The fraction of sp³-hybridized carbons (Fsp3) is 0.500. The number of ether oxygens (including phenoxy) is 2. The van der Waals surface area contributed by atoms with E-state index in [1.54, 1.807) is 4.90 Å². The van der Waals surface area contributed by atoms with Gasteiger partial charge in [-0.05, 0) is 0 Å². The van der Waals surface area contributed by atoms with Crippen molar-refractivity contribution in [2.75, 3.05) is 37.7 Å². The molecule has 0 aromatic heterocycles. The van der Waals surface area contributed by atoms with Crippen LogP contribution in [0.25, 0.3) is 0 Å². The zero-order valence-corrected chi connectivity index (χ0v) is 9.79. The molecule has 0 saturated carbocycles. The molecule has 1 aromatic carbocycles. The fourth-order valence-corrected chi connectivity index (χ4v) is 2.26. The predicted molar refractivity (Wildman–Crippen MR) is 62.5 cm³/mol. The van der Waals surface area contributed by atoms with E-state index in [0.29, 0.717) is 43.5 Å². The fourth-order valence-electron chi connectivity index (χ4n) is 2.26. The molecule has 98 valence electrons. The molecule has 2 heterocycles. The third-order valence-electron chi connectivity index (χ3n) is 3.06. The van der Waals surface area contributed by atoms with Gasteiger partial charge in [-0.15, -0.1) is 0 Å². The Labute approximate surface area is 103 Å². The molecule has 18 heavy (non-hydrogen) atoms. The second-order valence-corrected chi connectivity index (χ2v) is 4.32. The van der Waals surface area contributed by atoms with Gasteiger partial charge in [-0.2, -0.15) is 0 Å². The number of nitrogens with zero attached hydrogens (tertiary/aromatic N) is 1. The Morgan fingerprint density at radius 3 is 2.94 bits per heavy atom. The largest absolute Gasteiger partial charge is 0.486 e. The van der Waals surface area contributed by atoms with Crippen molar-refractivity contribution in [2.24, 2.45) is 0 Å². The Morgan fingerprint density at radius 2 is 2.11 bits per heavy atom. The summed E-state index contributed by atoms with van der Waals surface area (Å²) in [5.74, 6) is 0.505. The van der Waals surface area contributed by atoms with Crippen LogP contribution in [0.3, 0.4) is 0 Å². The minimum absolute atomic E-state index is 0.180. The molecule has 0 spiro atoms. The van der Waals surface area contributed by atoms with Crippen LogP contribution in [0.15, 0.2) is 12.1 Å².